The van der Waals surface area contributed by atoms with Crippen LogP contribution in [-0.4, -0.2) is 39.0 Å². The predicted molar refractivity (Wildman–Crippen MR) is 435 cm³/mol. The Balaban J connectivity index is 0.000000170. The summed E-state index contributed by atoms with van der Waals surface area (Å²) in [5.41, 5.74) is 0.962. The molecule has 0 aliphatic carbocycles. The fourth-order valence-corrected chi connectivity index (χ4v) is 14.2. The molecule has 23 aromatic rings. The van der Waals surface area contributed by atoms with Crippen LogP contribution in [0.1, 0.15) is 41.1 Å². The van der Waals surface area contributed by atoms with Gasteiger partial charge in [0.2, 0.25) is 11.9 Å². The van der Waals surface area contributed by atoms with E-state index >= 15 is 0 Å². The van der Waals surface area contributed by atoms with E-state index in [1.807, 2.05) is 91.0 Å². The minimum atomic E-state index is -0.943. The molecule has 8 aromatic heterocycles. The van der Waals surface area contributed by atoms with Gasteiger partial charge in [0.05, 0.1) is 63.2 Å². The lowest BCUT2D eigenvalue weighted by atomic mass is 9.99. The van der Waals surface area contributed by atoms with E-state index in [1.54, 1.807) is 42.5 Å². The van der Waals surface area contributed by atoms with Crippen molar-refractivity contribution in [2.45, 2.75) is 0 Å². The molecule has 0 fully saturated rings. The Hall–Kier alpha value is -14.9. The van der Waals surface area contributed by atoms with Crippen LogP contribution >= 0.6 is 0 Å². The molecule has 23 rings (SSSR count). The summed E-state index contributed by atoms with van der Waals surface area (Å²) in [5, 5.41) is 3.19. The second kappa shape index (κ2) is 24.4. The normalized spacial score (nSPS) is 15.8. The highest BCUT2D eigenvalue weighted by molar-refractivity contribution is 6.29. The minimum Gasteiger partial charge on any atom is -0.456 e. The summed E-state index contributed by atoms with van der Waals surface area (Å²) in [5.74, 6) is -1.01. The zero-order chi connectivity index (χ0) is 97.0. The van der Waals surface area contributed by atoms with Crippen LogP contribution in [0.25, 0.3) is 222 Å². The van der Waals surface area contributed by atoms with E-state index < -0.39 is 259 Å². The van der Waals surface area contributed by atoms with Crippen LogP contribution in [0.15, 0.2) is 357 Å². The minimum absolute atomic E-state index is 0.120. The summed E-state index contributed by atoms with van der Waals surface area (Å²) in [6, 6.07) is 27.7. The zero-order valence-corrected chi connectivity index (χ0v) is 55.2. The standard InChI is InChI=1S/C51H30N4O2.C45H26N4O2/c1-3-12-31(13-4-1)32-22-24-34(25-23-32)49-52-50(35-26-27-39-45(30-35)57-43-21-11-18-36(46(39)43)33-14-5-2-6-15-33)54-51(53-49)55-40-19-9-7-16-37(40)47-41(55)28-29-44-48(47)38-17-8-10-20-42(38)56-44;1-3-12-27(13-4-1)30-18-11-21-37-40(30)33-23-22-29(26-39(33)51-37)44-46-43(28-14-5-2-6-15-28)47-45(48-44)49-34-19-9-7-16-31(34)41-35(49)24-25-38-42(41)32-17-8-10-20-36(32)50-38/h1-30H;1-26H/i2D,5D,6D,7D,8D,9D,10D,11D,14D,15D,16D,17D,18D,19D,20D,21D,22D,23D,24D,25D,26D,27D,28D,29D,30D;1D,3D,4D,12D,13D. The topological polar surface area (TPSA) is 140 Å². The Morgan fingerprint density at radius 1 is 0.222 bits per heavy atom. The Labute approximate surface area is 657 Å². The predicted octanol–water partition coefficient (Wildman–Crippen LogP) is 25.2. The van der Waals surface area contributed by atoms with Gasteiger partial charge in [-0.2, -0.15) is 19.9 Å². The quantitative estimate of drug-likeness (QED) is 0.137. The number of para-hydroxylation sites is 4. The molecule has 108 heavy (non-hydrogen) atoms. The van der Waals surface area contributed by atoms with E-state index in [0.717, 1.165) is 59.3 Å². The van der Waals surface area contributed by atoms with Crippen LogP contribution in [0.3, 0.4) is 0 Å². The Kier molecular flexibility index (Phi) is 8.59. The van der Waals surface area contributed by atoms with Gasteiger partial charge in [0.1, 0.15) is 44.7 Å². The monoisotopic (exact) mass is 1410 g/mol. The lowest BCUT2D eigenvalue weighted by Gasteiger charge is -2.11. The van der Waals surface area contributed by atoms with Crippen LogP contribution in [0, 0.1) is 0 Å². The number of hydrogen-bond donors (Lipinski definition) is 0. The van der Waals surface area contributed by atoms with Crippen LogP contribution in [0.5, 0.6) is 0 Å². The maximum atomic E-state index is 9.75. The van der Waals surface area contributed by atoms with E-state index in [2.05, 4.69) is 43.8 Å². The molecule has 0 saturated carbocycles. The number of aromatic nitrogens is 8. The molecule has 0 atom stereocenters. The van der Waals surface area contributed by atoms with Crippen molar-refractivity contribution in [2.75, 3.05) is 0 Å². The second-order valence-corrected chi connectivity index (χ2v) is 24.9. The van der Waals surface area contributed by atoms with Gasteiger partial charge in [0.15, 0.2) is 23.3 Å². The highest BCUT2D eigenvalue weighted by atomic mass is 16.3. The average Bonchev–Trinajstić information content (AvgIpc) is 1.52. The molecule has 0 aliphatic heterocycles. The van der Waals surface area contributed by atoms with Crippen molar-refractivity contribution in [1.29, 1.82) is 0 Å². The van der Waals surface area contributed by atoms with Crippen LogP contribution < -0.4 is 0 Å². The molecule has 12 heteroatoms. The zero-order valence-electron chi connectivity index (χ0n) is 85.2. The van der Waals surface area contributed by atoms with Gasteiger partial charge in [-0.3, -0.25) is 9.13 Å². The number of nitrogens with zero attached hydrogens (tertiary/aromatic N) is 8. The first-order chi connectivity index (χ1) is 66.0. The van der Waals surface area contributed by atoms with Crippen LogP contribution in [0.4, 0.5) is 0 Å². The van der Waals surface area contributed by atoms with Crippen molar-refractivity contribution in [3.8, 4) is 90.8 Å². The maximum Gasteiger partial charge on any atom is 0.238 e. The highest BCUT2D eigenvalue weighted by Gasteiger charge is 2.26. The van der Waals surface area contributed by atoms with Crippen molar-refractivity contribution in [1.82, 2.24) is 39.0 Å². The number of fused-ring (bicyclic) bond motifs is 20. The summed E-state index contributed by atoms with van der Waals surface area (Å²) in [6.07, 6.45) is 0. The number of hydrogen-bond acceptors (Lipinski definition) is 10. The molecule has 8 heterocycles. The summed E-state index contributed by atoms with van der Waals surface area (Å²) >= 11 is 0. The number of benzene rings is 15. The van der Waals surface area contributed by atoms with Gasteiger partial charge in [-0.05, 0) is 118 Å². The highest BCUT2D eigenvalue weighted by Crippen LogP contribution is 2.46. The molecule has 0 radical (unpaired) electrons. The lowest BCUT2D eigenvalue weighted by molar-refractivity contribution is 0.668. The smallest absolute Gasteiger partial charge is 0.238 e. The third kappa shape index (κ3) is 9.78. The Morgan fingerprint density at radius 2 is 0.759 bits per heavy atom. The first-order valence-electron chi connectivity index (χ1n) is 48.5. The summed E-state index contributed by atoms with van der Waals surface area (Å²) in [4.78, 5) is 29.0. The Bertz CT molecular complexity index is 9430. The van der Waals surface area contributed by atoms with Gasteiger partial charge >= 0.3 is 0 Å². The van der Waals surface area contributed by atoms with Gasteiger partial charge in [-0.15, -0.1) is 0 Å². The first kappa shape index (κ1) is 38.0. The molecule has 0 saturated heterocycles. The molecule has 0 amide bonds. The molecule has 12 nitrogen and oxygen atoms in total. The van der Waals surface area contributed by atoms with Crippen molar-refractivity contribution in [2.24, 2.45) is 0 Å². The number of rotatable bonds is 9. The Morgan fingerprint density at radius 3 is 1.56 bits per heavy atom. The molecule has 0 bridgehead atoms. The molecule has 0 unspecified atom stereocenters. The van der Waals surface area contributed by atoms with Gasteiger partial charge in [-0.25, -0.2) is 9.97 Å². The molecule has 0 N–H and O–H groups in total. The number of furan rings is 4. The van der Waals surface area contributed by atoms with Crippen molar-refractivity contribution < 1.29 is 58.8 Å². The van der Waals surface area contributed by atoms with Crippen molar-refractivity contribution in [3.05, 3.63) is 339 Å². The van der Waals surface area contributed by atoms with Crippen molar-refractivity contribution >= 4 is 131 Å². The van der Waals surface area contributed by atoms with E-state index in [0.29, 0.717) is 45.3 Å². The fraction of sp³-hybridized carbons (Fsp3) is 0. The van der Waals surface area contributed by atoms with Gasteiger partial charge < -0.3 is 17.7 Å². The molecule has 15 aromatic carbocycles. The second-order valence-electron chi connectivity index (χ2n) is 24.9. The average molecular weight is 1420 g/mol. The molecular weight excluding hydrogens is 1330 g/mol. The summed E-state index contributed by atoms with van der Waals surface area (Å²) in [6.45, 7) is 0. The molecule has 504 valence electrons. The van der Waals surface area contributed by atoms with E-state index in [9.17, 15) is 15.1 Å². The third-order valence-corrected chi connectivity index (χ3v) is 18.8. The van der Waals surface area contributed by atoms with Gasteiger partial charge in [0, 0.05) is 86.9 Å². The maximum absolute atomic E-state index is 9.75. The third-order valence-electron chi connectivity index (χ3n) is 18.8. The van der Waals surface area contributed by atoms with Crippen LogP contribution in [0.2, 0.25) is 0 Å². The van der Waals surface area contributed by atoms with Crippen molar-refractivity contribution in [3.63, 3.8) is 0 Å². The van der Waals surface area contributed by atoms with Crippen LogP contribution in [-0.2, 0) is 0 Å². The SMILES string of the molecule is [2H]c1c([2H])c([2H])c(-c2c([2H])c([2H])c([2H])c3oc4c([2H])c(-c5nc(-c6c([2H])c([2H])c(-c7ccccc7)c([2H])c6[2H])nc(-n6c7c([2H])c([2H])c([2H])c([2H])c7c7c8c(oc9c([2H])c([2H])c([2H])c([2H])c98)c([2H])c([2H])c76)n5)c([2H])c([2H])c4c23)c([2H])c1[2H].[2H]c1c([2H])c([2H])c(-c2cccc3oc4cc(-c5nc(-c6ccccc6)nc(-n6c7ccccc7c7c8c(ccc76)oc6ccccc68)n5)ccc4c23)c([2H])c1[2H]. The first-order valence-corrected chi connectivity index (χ1v) is 33.5. The molecular formula is C96H56N8O4. The largest absolute Gasteiger partial charge is 0.456 e. The van der Waals surface area contributed by atoms with E-state index in [1.165, 1.54) is 0 Å². The fourth-order valence-electron chi connectivity index (χ4n) is 14.2. The summed E-state index contributed by atoms with van der Waals surface area (Å²) in [7, 11) is 0. The van der Waals surface area contributed by atoms with E-state index in [4.69, 9.17) is 58.7 Å². The van der Waals surface area contributed by atoms with Gasteiger partial charge in [-0.1, -0.05) is 254 Å². The summed E-state index contributed by atoms with van der Waals surface area (Å²) < 4.78 is 295. The van der Waals surface area contributed by atoms with E-state index in [-0.39, 0.29) is 44.9 Å². The molecule has 0 spiro atoms. The van der Waals surface area contributed by atoms with Gasteiger partial charge in [0.25, 0.3) is 0 Å². The molecule has 0 aliphatic rings. The lowest BCUT2D eigenvalue weighted by Crippen LogP contribution is -2.06.